The second-order valence-electron chi connectivity index (χ2n) is 3.55. The lowest BCUT2D eigenvalue weighted by atomic mass is 9.99. The Labute approximate surface area is 98.0 Å². The van der Waals surface area contributed by atoms with E-state index in [0.29, 0.717) is 0 Å². The Balaban J connectivity index is 3.56. The number of nitrogens with two attached hydrogens (primary N) is 1. The predicted octanol–water partition coefficient (Wildman–Crippen LogP) is 0.356. The summed E-state index contributed by atoms with van der Waals surface area (Å²) in [5.74, 6) is -3.62. The van der Waals surface area contributed by atoms with Crippen molar-refractivity contribution in [3.05, 3.63) is 29.6 Å². The third-order valence-corrected chi connectivity index (χ3v) is 3.45. The van der Waals surface area contributed by atoms with E-state index in [-0.39, 0.29) is 17.0 Å². The van der Waals surface area contributed by atoms with Crippen LogP contribution < -0.4 is 5.73 Å². The van der Waals surface area contributed by atoms with E-state index in [1.54, 1.807) is 0 Å². The molecule has 0 aliphatic rings. The molecule has 0 saturated heterocycles. The van der Waals surface area contributed by atoms with Crippen molar-refractivity contribution < 1.29 is 22.7 Å². The maximum absolute atomic E-state index is 13.6. The van der Waals surface area contributed by atoms with Crippen LogP contribution in [0.2, 0.25) is 0 Å². The van der Waals surface area contributed by atoms with Gasteiger partial charge in [-0.15, -0.1) is 0 Å². The molecule has 7 heteroatoms. The summed E-state index contributed by atoms with van der Waals surface area (Å²) in [7, 11) is -3.70. The summed E-state index contributed by atoms with van der Waals surface area (Å²) >= 11 is 0. The highest BCUT2D eigenvalue weighted by molar-refractivity contribution is 7.90. The summed E-state index contributed by atoms with van der Waals surface area (Å²) < 4.78 is 36.5. The Morgan fingerprint density at radius 1 is 1.53 bits per heavy atom. The van der Waals surface area contributed by atoms with E-state index < -0.39 is 27.5 Å². The molecule has 5 nitrogen and oxygen atoms in total. The van der Waals surface area contributed by atoms with Crippen LogP contribution >= 0.6 is 0 Å². The summed E-state index contributed by atoms with van der Waals surface area (Å²) in [6, 6.07) is 3.39. The van der Waals surface area contributed by atoms with Gasteiger partial charge in [0.1, 0.15) is 5.82 Å². The Bertz CT molecular complexity index is 541. The van der Waals surface area contributed by atoms with E-state index in [1.807, 2.05) is 0 Å². The van der Waals surface area contributed by atoms with E-state index in [0.717, 1.165) is 12.3 Å². The molecule has 0 bridgehead atoms. The fourth-order valence-corrected chi connectivity index (χ4v) is 2.49. The van der Waals surface area contributed by atoms with E-state index in [2.05, 4.69) is 0 Å². The molecule has 0 amide bonds. The maximum Gasteiger partial charge on any atom is 0.312 e. The van der Waals surface area contributed by atoms with Crippen LogP contribution in [0.5, 0.6) is 0 Å². The Hall–Kier alpha value is -1.47. The van der Waals surface area contributed by atoms with Crippen LogP contribution in [0.15, 0.2) is 23.1 Å². The van der Waals surface area contributed by atoms with Crippen LogP contribution in [-0.4, -0.2) is 32.3 Å². The standard InChI is InChI=1S/C10H12FNO4S/c1-17(15,16)8-4-2-3-7(11)9(8)6(5-12)10(13)14/h2-4,6H,5,12H2,1H3,(H,13,14). The quantitative estimate of drug-likeness (QED) is 0.815. The monoisotopic (exact) mass is 261 g/mol. The zero-order valence-electron chi connectivity index (χ0n) is 9.05. The number of rotatable bonds is 4. The van der Waals surface area contributed by atoms with Gasteiger partial charge in [-0.3, -0.25) is 4.79 Å². The molecule has 1 unspecified atom stereocenters. The molecule has 3 N–H and O–H groups in total. The molecule has 0 aliphatic heterocycles. The third-order valence-electron chi connectivity index (χ3n) is 2.29. The molecule has 0 radical (unpaired) electrons. The fourth-order valence-electron chi connectivity index (χ4n) is 1.52. The molecule has 0 heterocycles. The summed E-state index contributed by atoms with van der Waals surface area (Å²) in [5.41, 5.74) is 4.86. The van der Waals surface area contributed by atoms with Crippen LogP contribution in [0.25, 0.3) is 0 Å². The molecular formula is C10H12FNO4S. The topological polar surface area (TPSA) is 97.5 Å². The van der Waals surface area contributed by atoms with Gasteiger partial charge in [-0.2, -0.15) is 0 Å². The molecule has 0 aromatic heterocycles. The van der Waals surface area contributed by atoms with Gasteiger partial charge in [0, 0.05) is 18.4 Å². The molecule has 0 saturated carbocycles. The second-order valence-corrected chi connectivity index (χ2v) is 5.53. The minimum absolute atomic E-state index is 0.338. The van der Waals surface area contributed by atoms with Gasteiger partial charge in [-0.25, -0.2) is 12.8 Å². The summed E-state index contributed by atoms with van der Waals surface area (Å²) in [6.07, 6.45) is 0.890. The number of aliphatic carboxylic acids is 1. The van der Waals surface area contributed by atoms with E-state index >= 15 is 0 Å². The largest absolute Gasteiger partial charge is 0.481 e. The van der Waals surface area contributed by atoms with Crippen molar-refractivity contribution in [2.24, 2.45) is 5.73 Å². The van der Waals surface area contributed by atoms with Crippen molar-refractivity contribution in [2.75, 3.05) is 12.8 Å². The van der Waals surface area contributed by atoms with Crippen molar-refractivity contribution in [3.63, 3.8) is 0 Å². The zero-order valence-corrected chi connectivity index (χ0v) is 9.87. The predicted molar refractivity (Wildman–Crippen MR) is 58.9 cm³/mol. The van der Waals surface area contributed by atoms with Crippen LogP contribution in [0.1, 0.15) is 11.5 Å². The van der Waals surface area contributed by atoms with Gasteiger partial charge < -0.3 is 10.8 Å². The molecule has 94 valence electrons. The Morgan fingerprint density at radius 3 is 2.53 bits per heavy atom. The van der Waals surface area contributed by atoms with Gasteiger partial charge >= 0.3 is 5.97 Å². The molecule has 0 fully saturated rings. The van der Waals surface area contributed by atoms with Gasteiger partial charge in [0.2, 0.25) is 0 Å². The number of carboxylic acid groups (broad SMARTS) is 1. The summed E-state index contributed by atoms with van der Waals surface area (Å²) in [4.78, 5) is 10.6. The highest BCUT2D eigenvalue weighted by atomic mass is 32.2. The van der Waals surface area contributed by atoms with E-state index in [9.17, 15) is 17.6 Å². The average Bonchev–Trinajstić information content (AvgIpc) is 2.19. The van der Waals surface area contributed by atoms with Gasteiger partial charge in [-0.05, 0) is 12.1 Å². The highest BCUT2D eigenvalue weighted by Gasteiger charge is 2.28. The minimum Gasteiger partial charge on any atom is -0.481 e. The normalized spacial score (nSPS) is 13.4. The Kier molecular flexibility index (Phi) is 3.84. The first-order chi connectivity index (χ1) is 7.79. The SMILES string of the molecule is CS(=O)(=O)c1cccc(F)c1C(CN)C(=O)O. The van der Waals surface area contributed by atoms with Crippen LogP contribution in [0.3, 0.4) is 0 Å². The number of halogens is 1. The number of hydrogen-bond acceptors (Lipinski definition) is 4. The molecular weight excluding hydrogens is 249 g/mol. The number of sulfone groups is 1. The number of carboxylic acids is 1. The molecule has 0 aliphatic carbocycles. The van der Waals surface area contributed by atoms with Crippen molar-refractivity contribution in [2.45, 2.75) is 10.8 Å². The number of benzene rings is 1. The molecule has 1 rings (SSSR count). The lowest BCUT2D eigenvalue weighted by molar-refractivity contribution is -0.138. The first-order valence-electron chi connectivity index (χ1n) is 4.70. The van der Waals surface area contributed by atoms with Crippen molar-refractivity contribution in [3.8, 4) is 0 Å². The summed E-state index contributed by atoms with van der Waals surface area (Å²) in [5, 5.41) is 8.90. The molecule has 0 spiro atoms. The van der Waals surface area contributed by atoms with Gasteiger partial charge in [0.15, 0.2) is 9.84 Å². The molecule has 17 heavy (non-hydrogen) atoms. The average molecular weight is 261 g/mol. The first kappa shape index (κ1) is 13.6. The molecule has 1 atom stereocenters. The van der Waals surface area contributed by atoms with Crippen molar-refractivity contribution in [1.82, 2.24) is 0 Å². The lowest BCUT2D eigenvalue weighted by Gasteiger charge is -2.14. The minimum atomic E-state index is -3.70. The van der Waals surface area contributed by atoms with E-state index in [4.69, 9.17) is 10.8 Å². The highest BCUT2D eigenvalue weighted by Crippen LogP contribution is 2.26. The van der Waals surface area contributed by atoms with Gasteiger partial charge in [-0.1, -0.05) is 6.07 Å². The fraction of sp³-hybridized carbons (Fsp3) is 0.300. The number of carbonyl (C=O) groups is 1. The zero-order chi connectivity index (χ0) is 13.2. The summed E-state index contributed by atoms with van der Waals surface area (Å²) in [6.45, 7) is -0.376. The lowest BCUT2D eigenvalue weighted by Crippen LogP contribution is -2.24. The van der Waals surface area contributed by atoms with Crippen molar-refractivity contribution in [1.29, 1.82) is 0 Å². The van der Waals surface area contributed by atoms with E-state index in [1.165, 1.54) is 12.1 Å². The maximum atomic E-state index is 13.6. The molecule has 1 aromatic rings. The van der Waals surface area contributed by atoms with Crippen LogP contribution in [0, 0.1) is 5.82 Å². The van der Waals surface area contributed by atoms with Gasteiger partial charge in [0.05, 0.1) is 10.8 Å². The van der Waals surface area contributed by atoms with Crippen LogP contribution in [0.4, 0.5) is 4.39 Å². The van der Waals surface area contributed by atoms with Crippen LogP contribution in [-0.2, 0) is 14.6 Å². The third kappa shape index (κ3) is 2.80. The van der Waals surface area contributed by atoms with Crippen molar-refractivity contribution >= 4 is 15.8 Å². The second kappa shape index (κ2) is 4.80. The Morgan fingerprint density at radius 2 is 2.12 bits per heavy atom. The van der Waals surface area contributed by atoms with Gasteiger partial charge in [0.25, 0.3) is 0 Å². The smallest absolute Gasteiger partial charge is 0.312 e. The first-order valence-corrected chi connectivity index (χ1v) is 6.59. The molecule has 1 aromatic carbocycles. The number of hydrogen-bond donors (Lipinski definition) is 2.